The Kier molecular flexibility index (Phi) is 4.88. The molecule has 4 rings (SSSR count). The topological polar surface area (TPSA) is 55.8 Å². The lowest BCUT2D eigenvalue weighted by atomic mass is 10.1. The number of ether oxygens (including phenoxy) is 2. The van der Waals surface area contributed by atoms with E-state index in [0.717, 1.165) is 27.4 Å². The summed E-state index contributed by atoms with van der Waals surface area (Å²) in [5.74, 6) is 0.0264. The first-order valence-electron chi connectivity index (χ1n) is 8.93. The molecule has 28 heavy (non-hydrogen) atoms. The lowest BCUT2D eigenvalue weighted by Crippen LogP contribution is -2.37. The number of benzene rings is 2. The minimum atomic E-state index is -0.889. The van der Waals surface area contributed by atoms with Gasteiger partial charge in [0.05, 0.1) is 0 Å². The Morgan fingerprint density at radius 1 is 1.11 bits per heavy atom. The zero-order valence-corrected chi connectivity index (χ0v) is 16.4. The molecule has 1 aliphatic heterocycles. The highest BCUT2D eigenvalue weighted by Gasteiger charge is 2.26. The number of carbonyl (C=O) groups is 2. The average molecular weight is 393 g/mol. The van der Waals surface area contributed by atoms with Crippen molar-refractivity contribution >= 4 is 28.9 Å². The number of para-hydroxylation sites is 2. The molecule has 1 aliphatic rings. The van der Waals surface area contributed by atoms with Crippen molar-refractivity contribution in [1.82, 2.24) is 0 Å². The van der Waals surface area contributed by atoms with Gasteiger partial charge in [-0.15, -0.1) is 11.3 Å². The predicted molar refractivity (Wildman–Crippen MR) is 109 cm³/mol. The normalized spacial score (nSPS) is 12.9. The Bertz CT molecular complexity index is 1030. The van der Waals surface area contributed by atoms with E-state index in [4.69, 9.17) is 9.47 Å². The minimum absolute atomic E-state index is 0.283. The van der Waals surface area contributed by atoms with Crippen molar-refractivity contribution in [3.05, 3.63) is 71.1 Å². The molecule has 3 aromatic rings. The van der Waals surface area contributed by atoms with Crippen LogP contribution >= 0.6 is 11.3 Å². The highest BCUT2D eigenvalue weighted by atomic mass is 32.1. The number of hydrogen-bond acceptors (Lipinski definition) is 5. The van der Waals surface area contributed by atoms with E-state index in [-0.39, 0.29) is 5.91 Å². The number of rotatable bonds is 4. The molecule has 2 aromatic carbocycles. The number of carbonyl (C=O) groups excluding carboxylic acids is 2. The summed E-state index contributed by atoms with van der Waals surface area (Å²) in [6.45, 7) is 2.01. The maximum Gasteiger partial charge on any atom is 0.349 e. The van der Waals surface area contributed by atoms with Crippen molar-refractivity contribution in [1.29, 1.82) is 0 Å². The van der Waals surface area contributed by atoms with Gasteiger partial charge in [0, 0.05) is 28.7 Å². The van der Waals surface area contributed by atoms with Gasteiger partial charge in [-0.1, -0.05) is 30.3 Å². The summed E-state index contributed by atoms with van der Waals surface area (Å²) in [4.78, 5) is 28.2. The summed E-state index contributed by atoms with van der Waals surface area (Å²) in [6.07, 6.45) is -0.889. The first-order chi connectivity index (χ1) is 13.5. The molecule has 0 unspecified atom stereocenters. The van der Waals surface area contributed by atoms with Gasteiger partial charge < -0.3 is 14.4 Å². The highest BCUT2D eigenvalue weighted by Crippen LogP contribution is 2.42. The molecule has 0 aliphatic carbocycles. The number of amides is 1. The molecule has 5 nitrogen and oxygen atoms in total. The molecule has 0 spiro atoms. The number of thiophene rings is 1. The summed E-state index contributed by atoms with van der Waals surface area (Å²) in [5.41, 5.74) is 2.67. The van der Waals surface area contributed by atoms with Crippen LogP contribution in [0.25, 0.3) is 10.4 Å². The van der Waals surface area contributed by atoms with Crippen LogP contribution in [0.1, 0.15) is 22.2 Å². The smallest absolute Gasteiger partial charge is 0.349 e. The molecule has 142 valence electrons. The molecule has 0 fully saturated rings. The van der Waals surface area contributed by atoms with Gasteiger partial charge in [-0.2, -0.15) is 0 Å². The Balaban J connectivity index is 1.49. The number of anilines is 1. The Hall–Kier alpha value is -3.12. The van der Waals surface area contributed by atoms with Crippen molar-refractivity contribution in [2.24, 2.45) is 0 Å². The molecule has 0 N–H and O–H groups in total. The van der Waals surface area contributed by atoms with Crippen LogP contribution in [0.15, 0.2) is 60.7 Å². The SMILES string of the molecule is C[C@H](OC(=O)c1cc2c(s1)-c1ccccc1OC2)C(=O)N(C)c1ccccc1. The van der Waals surface area contributed by atoms with E-state index in [1.165, 1.54) is 16.2 Å². The molecule has 0 saturated heterocycles. The number of esters is 1. The van der Waals surface area contributed by atoms with Gasteiger partial charge in [-0.3, -0.25) is 4.79 Å². The van der Waals surface area contributed by atoms with E-state index in [9.17, 15) is 9.59 Å². The van der Waals surface area contributed by atoms with Gasteiger partial charge in [0.2, 0.25) is 0 Å². The first kappa shape index (κ1) is 18.3. The Labute approximate surface area is 167 Å². The van der Waals surface area contributed by atoms with E-state index >= 15 is 0 Å². The van der Waals surface area contributed by atoms with Gasteiger partial charge in [0.25, 0.3) is 5.91 Å². The fourth-order valence-electron chi connectivity index (χ4n) is 3.12. The highest BCUT2D eigenvalue weighted by molar-refractivity contribution is 7.17. The first-order valence-corrected chi connectivity index (χ1v) is 9.75. The van der Waals surface area contributed by atoms with Crippen LogP contribution in [0, 0.1) is 0 Å². The maximum atomic E-state index is 12.6. The number of fused-ring (bicyclic) bond motifs is 3. The summed E-state index contributed by atoms with van der Waals surface area (Å²) >= 11 is 1.37. The average Bonchev–Trinajstić information content (AvgIpc) is 3.18. The van der Waals surface area contributed by atoms with Crippen molar-refractivity contribution in [3.8, 4) is 16.2 Å². The molecule has 1 aromatic heterocycles. The van der Waals surface area contributed by atoms with E-state index < -0.39 is 12.1 Å². The van der Waals surface area contributed by atoms with Gasteiger partial charge in [0.1, 0.15) is 17.2 Å². The molecule has 0 saturated carbocycles. The summed E-state index contributed by atoms with van der Waals surface area (Å²) in [6, 6.07) is 18.8. The molecule has 6 heteroatoms. The standard InChI is InChI=1S/C22H19NO4S/c1-14(21(24)23(2)16-8-4-3-5-9-16)27-22(25)19-12-15-13-26-18-11-7-6-10-17(18)20(15)28-19/h3-12,14H,13H2,1-2H3/t14-/m0/s1. The van der Waals surface area contributed by atoms with Crippen LogP contribution in [-0.4, -0.2) is 25.0 Å². The Morgan fingerprint density at radius 2 is 1.82 bits per heavy atom. The summed E-state index contributed by atoms with van der Waals surface area (Å²) in [5, 5.41) is 0. The van der Waals surface area contributed by atoms with Gasteiger partial charge in [-0.25, -0.2) is 4.79 Å². The molecule has 0 radical (unpaired) electrons. The van der Waals surface area contributed by atoms with Crippen molar-refractivity contribution in [2.75, 3.05) is 11.9 Å². The molecular formula is C22H19NO4S. The third-order valence-electron chi connectivity index (χ3n) is 4.63. The molecule has 1 atom stereocenters. The fourth-order valence-corrected chi connectivity index (χ4v) is 4.20. The second-order valence-electron chi connectivity index (χ2n) is 6.53. The quantitative estimate of drug-likeness (QED) is 0.612. The fraction of sp³-hybridized carbons (Fsp3) is 0.182. The van der Waals surface area contributed by atoms with E-state index in [1.54, 1.807) is 20.0 Å². The molecule has 2 heterocycles. The van der Waals surface area contributed by atoms with Crippen LogP contribution in [-0.2, 0) is 16.1 Å². The van der Waals surface area contributed by atoms with E-state index in [1.807, 2.05) is 54.6 Å². The maximum absolute atomic E-state index is 12.6. The lowest BCUT2D eigenvalue weighted by molar-refractivity contribution is -0.126. The van der Waals surface area contributed by atoms with Crippen molar-refractivity contribution < 1.29 is 19.1 Å². The van der Waals surface area contributed by atoms with Gasteiger partial charge in [0.15, 0.2) is 6.10 Å². The van der Waals surface area contributed by atoms with E-state index in [0.29, 0.717) is 11.5 Å². The molecule has 1 amide bonds. The lowest BCUT2D eigenvalue weighted by Gasteiger charge is -2.21. The number of hydrogen-bond donors (Lipinski definition) is 0. The van der Waals surface area contributed by atoms with E-state index in [2.05, 4.69) is 0 Å². The molecule has 0 bridgehead atoms. The third-order valence-corrected chi connectivity index (χ3v) is 5.82. The summed E-state index contributed by atoms with van der Waals surface area (Å²) < 4.78 is 11.2. The van der Waals surface area contributed by atoms with Crippen LogP contribution in [0.5, 0.6) is 5.75 Å². The van der Waals surface area contributed by atoms with Crippen LogP contribution in [0.2, 0.25) is 0 Å². The largest absolute Gasteiger partial charge is 0.488 e. The zero-order valence-electron chi connectivity index (χ0n) is 15.5. The van der Waals surface area contributed by atoms with Crippen LogP contribution in [0.4, 0.5) is 5.69 Å². The summed E-state index contributed by atoms with van der Waals surface area (Å²) in [7, 11) is 1.67. The van der Waals surface area contributed by atoms with Gasteiger partial charge in [-0.05, 0) is 37.3 Å². The minimum Gasteiger partial charge on any atom is -0.488 e. The van der Waals surface area contributed by atoms with Gasteiger partial charge >= 0.3 is 5.97 Å². The van der Waals surface area contributed by atoms with Crippen LogP contribution in [0.3, 0.4) is 0 Å². The zero-order chi connectivity index (χ0) is 19.7. The molecular weight excluding hydrogens is 374 g/mol. The predicted octanol–water partition coefficient (Wildman–Crippen LogP) is 4.52. The number of likely N-dealkylation sites (N-methyl/N-ethyl adjacent to an activating group) is 1. The second kappa shape index (κ2) is 7.48. The third kappa shape index (κ3) is 3.39. The Morgan fingerprint density at radius 3 is 2.61 bits per heavy atom. The monoisotopic (exact) mass is 393 g/mol. The van der Waals surface area contributed by atoms with Crippen LogP contribution < -0.4 is 9.64 Å². The second-order valence-corrected chi connectivity index (χ2v) is 7.58. The van der Waals surface area contributed by atoms with Crippen molar-refractivity contribution in [2.45, 2.75) is 19.6 Å². The number of nitrogens with zero attached hydrogens (tertiary/aromatic N) is 1. The van der Waals surface area contributed by atoms with Crippen molar-refractivity contribution in [3.63, 3.8) is 0 Å².